The van der Waals surface area contributed by atoms with Gasteiger partial charge in [-0.3, -0.25) is 4.79 Å². The molecule has 0 atom stereocenters. The summed E-state index contributed by atoms with van der Waals surface area (Å²) in [5, 5.41) is 14.5. The highest BCUT2D eigenvalue weighted by atomic mass is 32.1. The van der Waals surface area contributed by atoms with E-state index in [1.807, 2.05) is 17.4 Å². The van der Waals surface area contributed by atoms with E-state index in [4.69, 9.17) is 14.2 Å². The van der Waals surface area contributed by atoms with E-state index in [0.717, 1.165) is 128 Å². The number of carbonyl (C=O) groups is 1. The van der Waals surface area contributed by atoms with Gasteiger partial charge < -0.3 is 24.0 Å². The Bertz CT molecular complexity index is 3630. The predicted octanol–water partition coefficient (Wildman–Crippen LogP) is 20.2. The molecule has 4 heterocycles. The van der Waals surface area contributed by atoms with E-state index >= 15 is 0 Å². The summed E-state index contributed by atoms with van der Waals surface area (Å²) in [7, 11) is 0. The first-order valence-corrected chi connectivity index (χ1v) is 29.7. The van der Waals surface area contributed by atoms with Gasteiger partial charge in [0.05, 0.1) is 14.6 Å². The summed E-state index contributed by atoms with van der Waals surface area (Å²) in [6, 6.07) is 65.5. The average Bonchev–Trinajstić information content (AvgIpc) is 4.37. The number of aryl methyl sites for hydroxylation is 2. The first kappa shape index (κ1) is 52.1. The SMILES string of the molecule is CCCCCCc1cc(C=C(C#N)OC=O)sc1-c1cc(CCCCCC)c(-c2sc(-c3cc(N(c4ccccc4)c4ccc5ccccc5c4)cc(N(c4ccccc4)c4ccc5ccccc5c4)c3)c3c2OCCO3)s1. The van der Waals surface area contributed by atoms with Crippen LogP contribution < -0.4 is 19.3 Å². The molecule has 0 saturated carbocycles. The van der Waals surface area contributed by atoms with Gasteiger partial charge in [0.15, 0.2) is 11.5 Å². The van der Waals surface area contributed by atoms with E-state index in [2.05, 4.69) is 200 Å². The molecule has 0 spiro atoms. The number of carbonyl (C=O) groups excluding carboxylic acids is 1. The number of allylic oxidation sites excluding steroid dienone is 1. The van der Waals surface area contributed by atoms with E-state index in [9.17, 15) is 10.1 Å². The highest BCUT2D eigenvalue weighted by Crippen LogP contribution is 2.58. The Labute approximate surface area is 469 Å². The molecule has 78 heavy (non-hydrogen) atoms. The zero-order valence-electron chi connectivity index (χ0n) is 44.1. The van der Waals surface area contributed by atoms with Crippen molar-refractivity contribution < 1.29 is 19.0 Å². The number of ether oxygens (including phenoxy) is 3. The summed E-state index contributed by atoms with van der Waals surface area (Å²) < 4.78 is 18.7. The Morgan fingerprint density at radius 2 is 1.04 bits per heavy atom. The maximum atomic E-state index is 11.3. The van der Waals surface area contributed by atoms with Crippen molar-refractivity contribution in [2.45, 2.75) is 78.1 Å². The number of fused-ring (bicyclic) bond motifs is 3. The lowest BCUT2D eigenvalue weighted by molar-refractivity contribution is -0.124. The number of hydrogen-bond donors (Lipinski definition) is 0. The largest absolute Gasteiger partial charge is 0.485 e. The van der Waals surface area contributed by atoms with Crippen LogP contribution in [0.1, 0.15) is 81.2 Å². The molecule has 0 N–H and O–H groups in total. The lowest BCUT2D eigenvalue weighted by Crippen LogP contribution is -2.15. The molecule has 390 valence electrons. The molecule has 10 heteroatoms. The molecule has 0 unspecified atom stereocenters. The highest BCUT2D eigenvalue weighted by Gasteiger charge is 2.31. The molecule has 0 radical (unpaired) electrons. The van der Waals surface area contributed by atoms with Gasteiger partial charge in [-0.15, -0.1) is 34.0 Å². The second-order valence-corrected chi connectivity index (χ2v) is 22.8. The Kier molecular flexibility index (Phi) is 16.4. The third-order valence-electron chi connectivity index (χ3n) is 14.3. The first-order valence-electron chi connectivity index (χ1n) is 27.2. The Morgan fingerprint density at radius 3 is 1.58 bits per heavy atom. The quantitative estimate of drug-likeness (QED) is 0.0290. The molecule has 7 nitrogen and oxygen atoms in total. The summed E-state index contributed by atoms with van der Waals surface area (Å²) in [6.45, 7) is 5.70. The Hall–Kier alpha value is -7.94. The Morgan fingerprint density at radius 1 is 0.513 bits per heavy atom. The van der Waals surface area contributed by atoms with Gasteiger partial charge in [-0.25, -0.2) is 0 Å². The molecule has 0 aliphatic carbocycles. The van der Waals surface area contributed by atoms with Gasteiger partial charge in [0.1, 0.15) is 19.3 Å². The number of para-hydroxylation sites is 2. The van der Waals surface area contributed by atoms with E-state index in [1.54, 1.807) is 28.7 Å². The fraction of sp³-hybridized carbons (Fsp3) is 0.206. The van der Waals surface area contributed by atoms with Crippen LogP contribution in [0.2, 0.25) is 0 Å². The van der Waals surface area contributed by atoms with Crippen LogP contribution in [0.3, 0.4) is 0 Å². The molecule has 10 aromatic rings. The van der Waals surface area contributed by atoms with Crippen LogP contribution in [0.5, 0.6) is 11.5 Å². The zero-order valence-corrected chi connectivity index (χ0v) is 46.5. The average molecular weight is 1080 g/mol. The summed E-state index contributed by atoms with van der Waals surface area (Å²) in [6.07, 6.45) is 12.7. The Balaban J connectivity index is 1.12. The topological polar surface area (TPSA) is 75.0 Å². The smallest absolute Gasteiger partial charge is 0.299 e. The van der Waals surface area contributed by atoms with Crippen LogP contribution in [0.4, 0.5) is 34.1 Å². The fourth-order valence-corrected chi connectivity index (χ4v) is 14.4. The van der Waals surface area contributed by atoms with Gasteiger partial charge in [0, 0.05) is 54.8 Å². The zero-order chi connectivity index (χ0) is 53.2. The van der Waals surface area contributed by atoms with E-state index in [0.29, 0.717) is 19.7 Å². The van der Waals surface area contributed by atoms with Crippen LogP contribution in [-0.4, -0.2) is 19.7 Å². The van der Waals surface area contributed by atoms with Gasteiger partial charge in [0.25, 0.3) is 6.47 Å². The number of benzene rings is 7. The molecule has 0 saturated heterocycles. The molecular weight excluding hydrogens is 1020 g/mol. The molecule has 1 aliphatic rings. The molecule has 7 aromatic carbocycles. The minimum absolute atomic E-state index is 0.0192. The van der Waals surface area contributed by atoms with E-state index < -0.39 is 0 Å². The van der Waals surface area contributed by atoms with Gasteiger partial charge in [-0.1, -0.05) is 149 Å². The molecular formula is C68H61N3O4S3. The molecule has 0 fully saturated rings. The molecule has 0 amide bonds. The molecule has 1 aliphatic heterocycles. The van der Waals surface area contributed by atoms with Crippen molar-refractivity contribution in [3.05, 3.63) is 198 Å². The fourth-order valence-electron chi connectivity index (χ4n) is 10.5. The van der Waals surface area contributed by atoms with E-state index in [-0.39, 0.29) is 5.76 Å². The van der Waals surface area contributed by atoms with E-state index in [1.165, 1.54) is 49.4 Å². The van der Waals surface area contributed by atoms with Crippen LogP contribution >= 0.6 is 34.0 Å². The van der Waals surface area contributed by atoms with Crippen molar-refractivity contribution in [2.24, 2.45) is 0 Å². The third kappa shape index (κ3) is 11.4. The van der Waals surface area contributed by atoms with Crippen molar-refractivity contribution >= 4 is 102 Å². The second kappa shape index (κ2) is 24.6. The summed E-state index contributed by atoms with van der Waals surface area (Å²) in [5.74, 6) is 1.54. The second-order valence-electron chi connectivity index (χ2n) is 19.7. The number of nitriles is 1. The maximum Gasteiger partial charge on any atom is 0.299 e. The first-order chi connectivity index (χ1) is 38.5. The van der Waals surface area contributed by atoms with Gasteiger partial charge in [0.2, 0.25) is 5.76 Å². The minimum atomic E-state index is -0.0192. The molecule has 11 rings (SSSR count). The van der Waals surface area contributed by atoms with Crippen LogP contribution in [0, 0.1) is 11.3 Å². The molecule has 0 bridgehead atoms. The third-order valence-corrected chi connectivity index (χ3v) is 18.2. The molecule has 3 aromatic heterocycles. The van der Waals surface area contributed by atoms with Crippen LogP contribution in [0.25, 0.3) is 57.6 Å². The maximum absolute atomic E-state index is 11.3. The van der Waals surface area contributed by atoms with Crippen molar-refractivity contribution in [2.75, 3.05) is 23.0 Å². The van der Waals surface area contributed by atoms with Crippen LogP contribution in [-0.2, 0) is 22.4 Å². The lowest BCUT2D eigenvalue weighted by atomic mass is 10.0. The number of unbranched alkanes of at least 4 members (excludes halogenated alkanes) is 6. The van der Waals surface area contributed by atoms with Gasteiger partial charge >= 0.3 is 0 Å². The van der Waals surface area contributed by atoms with Crippen molar-refractivity contribution in [1.29, 1.82) is 5.26 Å². The summed E-state index contributed by atoms with van der Waals surface area (Å²) in [4.78, 5) is 22.6. The number of rotatable bonds is 22. The highest BCUT2D eigenvalue weighted by molar-refractivity contribution is 7.28. The number of thiophene rings is 3. The monoisotopic (exact) mass is 1080 g/mol. The normalized spacial score (nSPS) is 12.2. The van der Waals surface area contributed by atoms with Crippen molar-refractivity contribution in [3.8, 4) is 47.5 Å². The van der Waals surface area contributed by atoms with Crippen molar-refractivity contribution in [1.82, 2.24) is 0 Å². The van der Waals surface area contributed by atoms with Gasteiger partial charge in [-0.05, 0) is 143 Å². The predicted molar refractivity (Wildman–Crippen MR) is 328 cm³/mol. The number of nitrogens with zero attached hydrogens (tertiary/aromatic N) is 3. The lowest BCUT2D eigenvalue weighted by Gasteiger charge is -2.30. The number of anilines is 6. The van der Waals surface area contributed by atoms with Crippen molar-refractivity contribution in [3.63, 3.8) is 0 Å². The summed E-state index contributed by atoms with van der Waals surface area (Å²) >= 11 is 5.23. The number of hydrogen-bond acceptors (Lipinski definition) is 10. The standard InChI is InChI=1S/C68H61N3O4S3/c1-3-5-7-11-25-51-41-61(44-60(45-69)75-46-72)76-65(51)62-42-52(26-12-8-6-4-2)67(77-62)68-64-63(73-35-36-74-64)66(78-68)53-39-58(70(54-27-13-9-14-28-54)56-33-31-47-21-17-19-23-49(47)37-56)43-59(40-53)71(55-29-15-10-16-30-55)57-34-32-48-22-18-20-24-50(48)38-57/h9-10,13-24,27-34,37-44,46H,3-8,11-12,25-26,35-36H2,1-2H3. The summed E-state index contributed by atoms with van der Waals surface area (Å²) in [5.41, 5.74) is 9.72. The minimum Gasteiger partial charge on any atom is -0.485 e. The van der Waals surface area contributed by atoms with Crippen LogP contribution in [0.15, 0.2) is 182 Å². The van der Waals surface area contributed by atoms with Gasteiger partial charge in [-0.2, -0.15) is 5.26 Å².